The van der Waals surface area contributed by atoms with Crippen LogP contribution in [0.4, 0.5) is 0 Å². The Labute approximate surface area is 115 Å². The van der Waals surface area contributed by atoms with Gasteiger partial charge in [0.15, 0.2) is 5.78 Å². The van der Waals surface area contributed by atoms with Crippen LogP contribution in [-0.4, -0.2) is 24.1 Å². The maximum atomic E-state index is 11.1. The molecule has 0 radical (unpaired) electrons. The summed E-state index contributed by atoms with van der Waals surface area (Å²) >= 11 is 0. The fraction of sp³-hybridized carbons (Fsp3) is 0.562. The van der Waals surface area contributed by atoms with Gasteiger partial charge in [-0.1, -0.05) is 25.7 Å². The summed E-state index contributed by atoms with van der Waals surface area (Å²) < 4.78 is 5.62. The Bertz CT molecular complexity index is 357. The number of carbonyl (C=O) groups excluding carboxylic acids is 1. The van der Waals surface area contributed by atoms with Crippen molar-refractivity contribution < 1.29 is 14.6 Å². The van der Waals surface area contributed by atoms with Gasteiger partial charge in [0.25, 0.3) is 0 Å². The van der Waals surface area contributed by atoms with Crippen molar-refractivity contribution >= 4 is 5.78 Å². The second kappa shape index (κ2) is 9.56. The van der Waals surface area contributed by atoms with Gasteiger partial charge >= 0.3 is 0 Å². The van der Waals surface area contributed by atoms with Crippen molar-refractivity contribution in [2.24, 2.45) is 0 Å². The predicted molar refractivity (Wildman–Crippen MR) is 76.7 cm³/mol. The summed E-state index contributed by atoms with van der Waals surface area (Å²) in [6.45, 7) is 2.59. The molecule has 106 valence electrons. The number of aliphatic hydroxyl groups is 1. The first-order chi connectivity index (χ1) is 9.24. The summed E-state index contributed by atoms with van der Waals surface area (Å²) in [7, 11) is 0. The number of Topliss-reactive ketones (excluding diaryl/α,β-unsaturated/α-hetero) is 1. The highest BCUT2D eigenvalue weighted by molar-refractivity contribution is 5.94. The molecule has 0 spiro atoms. The van der Waals surface area contributed by atoms with Crippen molar-refractivity contribution in [1.82, 2.24) is 0 Å². The number of carbonyl (C=O) groups is 1. The second-order valence-corrected chi connectivity index (χ2v) is 4.77. The number of hydrogen-bond acceptors (Lipinski definition) is 3. The zero-order valence-electron chi connectivity index (χ0n) is 11.7. The first-order valence-corrected chi connectivity index (χ1v) is 7.08. The summed E-state index contributed by atoms with van der Waals surface area (Å²) in [6, 6.07) is 7.29. The Morgan fingerprint density at radius 3 is 2.16 bits per heavy atom. The molecule has 1 aromatic rings. The van der Waals surface area contributed by atoms with Crippen LogP contribution in [0.3, 0.4) is 0 Å². The molecule has 0 aliphatic carbocycles. The van der Waals surface area contributed by atoms with E-state index in [1.165, 1.54) is 12.8 Å². The van der Waals surface area contributed by atoms with Crippen LogP contribution in [0, 0.1) is 0 Å². The minimum absolute atomic E-state index is 0.0782. The number of rotatable bonds is 10. The van der Waals surface area contributed by atoms with E-state index in [0.29, 0.717) is 6.61 Å². The third-order valence-electron chi connectivity index (χ3n) is 3.08. The Morgan fingerprint density at radius 2 is 1.58 bits per heavy atom. The highest BCUT2D eigenvalue weighted by Gasteiger charge is 1.99. The van der Waals surface area contributed by atoms with Crippen LogP contribution >= 0.6 is 0 Å². The molecule has 0 aliphatic heterocycles. The van der Waals surface area contributed by atoms with E-state index in [1.807, 2.05) is 12.1 Å². The highest BCUT2D eigenvalue weighted by atomic mass is 16.5. The molecule has 1 aromatic carbocycles. The molecule has 0 amide bonds. The van der Waals surface area contributed by atoms with E-state index in [9.17, 15) is 4.79 Å². The van der Waals surface area contributed by atoms with Gasteiger partial charge in [-0.2, -0.15) is 0 Å². The first-order valence-electron chi connectivity index (χ1n) is 7.08. The standard InChI is InChI=1S/C16H24O3/c1-14(18)15-8-10-16(11-9-15)19-13-7-5-3-2-4-6-12-17/h8-11,17H,2-7,12-13H2,1H3. The van der Waals surface area contributed by atoms with Crippen LogP contribution < -0.4 is 4.74 Å². The van der Waals surface area contributed by atoms with E-state index in [2.05, 4.69) is 0 Å². The first kappa shape index (κ1) is 15.7. The van der Waals surface area contributed by atoms with E-state index in [4.69, 9.17) is 9.84 Å². The van der Waals surface area contributed by atoms with Crippen LogP contribution in [0.25, 0.3) is 0 Å². The van der Waals surface area contributed by atoms with E-state index >= 15 is 0 Å². The molecule has 19 heavy (non-hydrogen) atoms. The Hall–Kier alpha value is -1.35. The van der Waals surface area contributed by atoms with Crippen molar-refractivity contribution in [1.29, 1.82) is 0 Å². The molecule has 0 bridgehead atoms. The van der Waals surface area contributed by atoms with Gasteiger partial charge in [0.2, 0.25) is 0 Å². The fourth-order valence-electron chi connectivity index (χ4n) is 1.90. The fourth-order valence-corrected chi connectivity index (χ4v) is 1.90. The van der Waals surface area contributed by atoms with E-state index in [1.54, 1.807) is 19.1 Å². The maximum absolute atomic E-state index is 11.1. The minimum Gasteiger partial charge on any atom is -0.494 e. The molecule has 0 saturated heterocycles. The predicted octanol–water partition coefficient (Wildman–Crippen LogP) is 3.60. The SMILES string of the molecule is CC(=O)c1ccc(OCCCCCCCCO)cc1. The van der Waals surface area contributed by atoms with Gasteiger partial charge < -0.3 is 9.84 Å². The van der Waals surface area contributed by atoms with Gasteiger partial charge in [-0.3, -0.25) is 4.79 Å². The number of ketones is 1. The second-order valence-electron chi connectivity index (χ2n) is 4.77. The van der Waals surface area contributed by atoms with Gasteiger partial charge in [-0.25, -0.2) is 0 Å². The Morgan fingerprint density at radius 1 is 1.00 bits per heavy atom. The third-order valence-corrected chi connectivity index (χ3v) is 3.08. The van der Waals surface area contributed by atoms with Crippen molar-refractivity contribution in [2.75, 3.05) is 13.2 Å². The zero-order valence-corrected chi connectivity index (χ0v) is 11.7. The molecule has 0 saturated carbocycles. The van der Waals surface area contributed by atoms with Crippen molar-refractivity contribution in [3.05, 3.63) is 29.8 Å². The molecule has 0 fully saturated rings. The van der Waals surface area contributed by atoms with Crippen molar-refractivity contribution in [3.63, 3.8) is 0 Å². The van der Waals surface area contributed by atoms with Gasteiger partial charge in [-0.15, -0.1) is 0 Å². The lowest BCUT2D eigenvalue weighted by molar-refractivity contribution is 0.101. The molecule has 0 unspecified atom stereocenters. The lowest BCUT2D eigenvalue weighted by atomic mass is 10.1. The smallest absolute Gasteiger partial charge is 0.159 e. The minimum atomic E-state index is 0.0782. The molecule has 3 heteroatoms. The largest absolute Gasteiger partial charge is 0.494 e. The number of aliphatic hydroxyl groups excluding tert-OH is 1. The number of benzene rings is 1. The van der Waals surface area contributed by atoms with Crippen LogP contribution in [0.2, 0.25) is 0 Å². The van der Waals surface area contributed by atoms with Crippen molar-refractivity contribution in [3.8, 4) is 5.75 Å². The highest BCUT2D eigenvalue weighted by Crippen LogP contribution is 2.13. The van der Waals surface area contributed by atoms with Gasteiger partial charge in [0, 0.05) is 12.2 Å². The van der Waals surface area contributed by atoms with E-state index in [-0.39, 0.29) is 5.78 Å². The normalized spacial score (nSPS) is 10.4. The summed E-state index contributed by atoms with van der Waals surface area (Å²) in [5.41, 5.74) is 0.719. The monoisotopic (exact) mass is 264 g/mol. The third kappa shape index (κ3) is 6.97. The Kier molecular flexibility index (Phi) is 7.91. The van der Waals surface area contributed by atoms with E-state index in [0.717, 1.165) is 43.6 Å². The van der Waals surface area contributed by atoms with Gasteiger partial charge in [-0.05, 0) is 44.0 Å². The molecule has 0 heterocycles. The maximum Gasteiger partial charge on any atom is 0.159 e. The number of hydrogen-bond donors (Lipinski definition) is 1. The summed E-state index contributed by atoms with van der Waals surface area (Å²) in [4.78, 5) is 11.1. The summed E-state index contributed by atoms with van der Waals surface area (Å²) in [6.07, 6.45) is 6.63. The molecular weight excluding hydrogens is 240 g/mol. The van der Waals surface area contributed by atoms with Gasteiger partial charge in [0.05, 0.1) is 6.61 Å². The number of ether oxygens (including phenoxy) is 1. The Balaban J connectivity index is 2.07. The lowest BCUT2D eigenvalue weighted by Gasteiger charge is -2.06. The summed E-state index contributed by atoms with van der Waals surface area (Å²) in [5.74, 6) is 0.903. The molecule has 3 nitrogen and oxygen atoms in total. The molecule has 1 N–H and O–H groups in total. The molecule has 0 aromatic heterocycles. The zero-order chi connectivity index (χ0) is 13.9. The molecular formula is C16H24O3. The van der Waals surface area contributed by atoms with Gasteiger partial charge in [0.1, 0.15) is 5.75 Å². The number of unbranched alkanes of at least 4 members (excludes halogenated alkanes) is 5. The van der Waals surface area contributed by atoms with Crippen LogP contribution in [0.5, 0.6) is 5.75 Å². The average Bonchev–Trinajstić information content (AvgIpc) is 2.42. The van der Waals surface area contributed by atoms with Crippen LogP contribution in [0.15, 0.2) is 24.3 Å². The summed E-state index contributed by atoms with van der Waals surface area (Å²) in [5, 5.41) is 8.65. The molecule has 1 rings (SSSR count). The quantitative estimate of drug-likeness (QED) is 0.519. The van der Waals surface area contributed by atoms with E-state index < -0.39 is 0 Å². The molecule has 0 aliphatic rings. The topological polar surface area (TPSA) is 46.5 Å². The lowest BCUT2D eigenvalue weighted by Crippen LogP contribution is -1.98. The van der Waals surface area contributed by atoms with Crippen LogP contribution in [0.1, 0.15) is 55.8 Å². The molecule has 0 atom stereocenters. The van der Waals surface area contributed by atoms with Crippen LogP contribution in [-0.2, 0) is 0 Å². The average molecular weight is 264 g/mol. The van der Waals surface area contributed by atoms with Crippen molar-refractivity contribution in [2.45, 2.75) is 45.4 Å².